The summed E-state index contributed by atoms with van der Waals surface area (Å²) in [5.74, 6) is 0.167. The topological polar surface area (TPSA) is 91.0 Å². The number of nitrogens with one attached hydrogen (secondary N) is 2. The number of H-pyrrole nitrogens is 1. The fraction of sp³-hybridized carbons (Fsp3) is 0.636. The molecular weight excluding hydrogens is 234 g/mol. The molecule has 0 aliphatic heterocycles. The molecule has 0 aromatic carbocycles. The summed E-state index contributed by atoms with van der Waals surface area (Å²) in [5, 5.41) is 8.94. The summed E-state index contributed by atoms with van der Waals surface area (Å²) in [7, 11) is 0. The number of aryl methyl sites for hydroxylation is 1. The Morgan fingerprint density at radius 1 is 1.28 bits per heavy atom. The quantitative estimate of drug-likeness (QED) is 0.744. The molecule has 18 heavy (non-hydrogen) atoms. The monoisotopic (exact) mass is 253 g/mol. The molecule has 0 aliphatic rings. The van der Waals surface area contributed by atoms with Crippen LogP contribution in [-0.2, 0) is 11.2 Å². The second-order valence-corrected chi connectivity index (χ2v) is 3.71. The number of rotatable bonds is 6. The molecule has 1 aromatic rings. The molecule has 1 aromatic heterocycles. The van der Waals surface area contributed by atoms with Gasteiger partial charge in [0.2, 0.25) is 11.7 Å². The number of carbonyl (C=O) groups excluding carboxylic acids is 2. The summed E-state index contributed by atoms with van der Waals surface area (Å²) >= 11 is 0. The van der Waals surface area contributed by atoms with Crippen LogP contribution in [0.5, 0.6) is 0 Å². The molecule has 0 atom stereocenters. The van der Waals surface area contributed by atoms with Crippen LogP contribution in [0.2, 0.25) is 0 Å². The van der Waals surface area contributed by atoms with E-state index in [4.69, 9.17) is 0 Å². The molecule has 1 heterocycles. The molecule has 0 fully saturated rings. The zero-order valence-electron chi connectivity index (χ0n) is 11.0. The van der Waals surface area contributed by atoms with Crippen LogP contribution in [0.25, 0.3) is 0 Å². The SMILES string of the molecule is CCc1nc(C(=O)NCC(=O)N(CC)CC)n[nH]1. The number of aromatic nitrogens is 3. The van der Waals surface area contributed by atoms with Gasteiger partial charge in [-0.1, -0.05) is 6.92 Å². The lowest BCUT2D eigenvalue weighted by atomic mass is 10.4. The van der Waals surface area contributed by atoms with Gasteiger partial charge in [0, 0.05) is 19.5 Å². The zero-order chi connectivity index (χ0) is 13.5. The van der Waals surface area contributed by atoms with Crippen molar-refractivity contribution in [3.8, 4) is 0 Å². The fourth-order valence-corrected chi connectivity index (χ4v) is 1.48. The maximum absolute atomic E-state index is 11.7. The summed E-state index contributed by atoms with van der Waals surface area (Å²) in [6.45, 7) is 6.93. The van der Waals surface area contributed by atoms with Crippen LogP contribution in [0.4, 0.5) is 0 Å². The number of amides is 2. The first-order valence-electron chi connectivity index (χ1n) is 6.09. The Balaban J connectivity index is 2.48. The molecular formula is C11H19N5O2. The third-order valence-electron chi connectivity index (χ3n) is 2.59. The highest BCUT2D eigenvalue weighted by molar-refractivity contribution is 5.93. The molecule has 2 N–H and O–H groups in total. The van der Waals surface area contributed by atoms with Crippen LogP contribution in [0, 0.1) is 0 Å². The van der Waals surface area contributed by atoms with Crippen molar-refractivity contribution in [2.75, 3.05) is 19.6 Å². The van der Waals surface area contributed by atoms with Gasteiger partial charge in [-0.15, -0.1) is 5.10 Å². The second kappa shape index (κ2) is 6.73. The summed E-state index contributed by atoms with van der Waals surface area (Å²) in [6, 6.07) is 0. The van der Waals surface area contributed by atoms with E-state index < -0.39 is 5.91 Å². The molecule has 2 amide bonds. The molecule has 7 heteroatoms. The van der Waals surface area contributed by atoms with Crippen LogP contribution in [-0.4, -0.2) is 51.5 Å². The van der Waals surface area contributed by atoms with Crippen LogP contribution in [0.1, 0.15) is 37.2 Å². The molecule has 7 nitrogen and oxygen atoms in total. The van der Waals surface area contributed by atoms with E-state index in [1.807, 2.05) is 20.8 Å². The molecule has 0 unspecified atom stereocenters. The normalized spacial score (nSPS) is 10.2. The molecule has 0 saturated heterocycles. The van der Waals surface area contributed by atoms with Gasteiger partial charge in [0.05, 0.1) is 6.54 Å². The van der Waals surface area contributed by atoms with Crippen molar-refractivity contribution in [2.24, 2.45) is 0 Å². The molecule has 0 bridgehead atoms. The van der Waals surface area contributed by atoms with Crippen molar-refractivity contribution in [3.63, 3.8) is 0 Å². The van der Waals surface area contributed by atoms with Gasteiger partial charge >= 0.3 is 0 Å². The number of nitrogens with zero attached hydrogens (tertiary/aromatic N) is 3. The number of carbonyl (C=O) groups is 2. The Morgan fingerprint density at radius 3 is 2.44 bits per heavy atom. The predicted molar refractivity (Wildman–Crippen MR) is 66.0 cm³/mol. The maximum Gasteiger partial charge on any atom is 0.291 e. The lowest BCUT2D eigenvalue weighted by Gasteiger charge is -2.18. The van der Waals surface area contributed by atoms with Crippen LogP contribution in [0.15, 0.2) is 0 Å². The second-order valence-electron chi connectivity index (χ2n) is 3.71. The van der Waals surface area contributed by atoms with E-state index in [1.165, 1.54) is 0 Å². The van der Waals surface area contributed by atoms with Gasteiger partial charge in [-0.05, 0) is 13.8 Å². The average molecular weight is 253 g/mol. The van der Waals surface area contributed by atoms with Gasteiger partial charge in [-0.25, -0.2) is 4.98 Å². The van der Waals surface area contributed by atoms with E-state index in [9.17, 15) is 9.59 Å². The van der Waals surface area contributed by atoms with E-state index in [-0.39, 0.29) is 18.3 Å². The van der Waals surface area contributed by atoms with Crippen molar-refractivity contribution in [1.29, 1.82) is 0 Å². The van der Waals surface area contributed by atoms with Gasteiger partial charge in [0.15, 0.2) is 0 Å². The minimum atomic E-state index is -0.438. The van der Waals surface area contributed by atoms with Gasteiger partial charge < -0.3 is 10.2 Å². The lowest BCUT2D eigenvalue weighted by molar-refractivity contribution is -0.129. The van der Waals surface area contributed by atoms with Crippen molar-refractivity contribution >= 4 is 11.8 Å². The first-order chi connectivity index (χ1) is 8.62. The van der Waals surface area contributed by atoms with E-state index in [0.29, 0.717) is 25.3 Å². The Hall–Kier alpha value is -1.92. The highest BCUT2D eigenvalue weighted by Gasteiger charge is 2.15. The predicted octanol–water partition coefficient (Wildman–Crippen LogP) is -0.0347. The first-order valence-corrected chi connectivity index (χ1v) is 6.09. The first kappa shape index (κ1) is 14.1. The summed E-state index contributed by atoms with van der Waals surface area (Å²) in [6.07, 6.45) is 0.679. The number of hydrogen-bond acceptors (Lipinski definition) is 4. The fourth-order valence-electron chi connectivity index (χ4n) is 1.48. The zero-order valence-corrected chi connectivity index (χ0v) is 11.0. The average Bonchev–Trinajstić information content (AvgIpc) is 2.86. The summed E-state index contributed by atoms with van der Waals surface area (Å²) < 4.78 is 0. The van der Waals surface area contributed by atoms with Crippen molar-refractivity contribution in [3.05, 3.63) is 11.6 Å². The van der Waals surface area contributed by atoms with E-state index in [2.05, 4.69) is 20.5 Å². The highest BCUT2D eigenvalue weighted by atomic mass is 16.2. The van der Waals surface area contributed by atoms with Crippen molar-refractivity contribution < 1.29 is 9.59 Å². The van der Waals surface area contributed by atoms with E-state index in [0.717, 1.165) is 0 Å². The number of aromatic amines is 1. The Morgan fingerprint density at radius 2 is 1.94 bits per heavy atom. The van der Waals surface area contributed by atoms with E-state index >= 15 is 0 Å². The van der Waals surface area contributed by atoms with Crippen LogP contribution < -0.4 is 5.32 Å². The van der Waals surface area contributed by atoms with Crippen LogP contribution in [0.3, 0.4) is 0 Å². The van der Waals surface area contributed by atoms with Crippen LogP contribution >= 0.6 is 0 Å². The Bertz CT molecular complexity index is 411. The summed E-state index contributed by atoms with van der Waals surface area (Å²) in [5.41, 5.74) is 0. The van der Waals surface area contributed by atoms with Gasteiger partial charge in [0.25, 0.3) is 5.91 Å². The van der Waals surface area contributed by atoms with E-state index in [1.54, 1.807) is 4.90 Å². The molecule has 1 rings (SSSR count). The molecule has 100 valence electrons. The van der Waals surface area contributed by atoms with Crippen molar-refractivity contribution in [2.45, 2.75) is 27.2 Å². The third-order valence-corrected chi connectivity index (χ3v) is 2.59. The standard InChI is InChI=1S/C11H19N5O2/c1-4-8-13-10(15-14-8)11(18)12-7-9(17)16(5-2)6-3/h4-7H2,1-3H3,(H,12,18)(H,13,14,15). The molecule has 0 radical (unpaired) electrons. The van der Waals surface area contributed by atoms with Crippen molar-refractivity contribution in [1.82, 2.24) is 25.4 Å². The largest absolute Gasteiger partial charge is 0.342 e. The minimum Gasteiger partial charge on any atom is -0.342 e. The molecule has 0 aliphatic carbocycles. The number of likely N-dealkylation sites (N-methyl/N-ethyl adjacent to an activating group) is 1. The maximum atomic E-state index is 11.7. The van der Waals surface area contributed by atoms with Gasteiger partial charge in [-0.3, -0.25) is 14.7 Å². The highest BCUT2D eigenvalue weighted by Crippen LogP contribution is 1.94. The Kier molecular flexibility index (Phi) is 5.29. The number of hydrogen-bond donors (Lipinski definition) is 2. The Labute approximate surface area is 106 Å². The lowest BCUT2D eigenvalue weighted by Crippen LogP contribution is -2.40. The van der Waals surface area contributed by atoms with Gasteiger partial charge in [0.1, 0.15) is 5.82 Å². The summed E-state index contributed by atoms with van der Waals surface area (Å²) in [4.78, 5) is 29.0. The molecule has 0 spiro atoms. The third kappa shape index (κ3) is 3.54. The van der Waals surface area contributed by atoms with Gasteiger partial charge in [-0.2, -0.15) is 0 Å². The minimum absolute atomic E-state index is 0.0312. The molecule has 0 saturated carbocycles. The smallest absolute Gasteiger partial charge is 0.291 e.